The van der Waals surface area contributed by atoms with Crippen LogP contribution in [0.1, 0.15) is 25.7 Å². The van der Waals surface area contributed by atoms with E-state index < -0.39 is 0 Å². The molecular weight excluding hydrogens is 110 g/mol. The molecule has 0 N–H and O–H groups in total. The molecule has 0 radical (unpaired) electrons. The molecule has 2 aliphatic rings. The normalized spacial score (nSPS) is 43.7. The number of hydrogen-bond acceptors (Lipinski definition) is 1. The molecule has 0 aromatic heterocycles. The highest BCUT2D eigenvalue weighted by molar-refractivity contribution is 4.95. The van der Waals surface area contributed by atoms with Crippen molar-refractivity contribution in [2.75, 3.05) is 13.6 Å². The van der Waals surface area contributed by atoms with Gasteiger partial charge in [0.25, 0.3) is 0 Å². The Morgan fingerprint density at radius 3 is 3.11 bits per heavy atom. The number of hydrogen-bond donors (Lipinski definition) is 0. The second-order valence-electron chi connectivity index (χ2n) is 3.54. The first kappa shape index (κ1) is 5.72. The van der Waals surface area contributed by atoms with Crippen molar-refractivity contribution in [2.45, 2.75) is 31.7 Å². The van der Waals surface area contributed by atoms with Crippen molar-refractivity contribution in [3.63, 3.8) is 0 Å². The standard InChI is InChI=1S/C8H15N/c1-9-5-3-2-4-7-6-8(7)9/h7-8H,2-6H2,1H3. The van der Waals surface area contributed by atoms with Crippen molar-refractivity contribution in [1.29, 1.82) is 0 Å². The van der Waals surface area contributed by atoms with Crippen LogP contribution < -0.4 is 0 Å². The molecule has 0 aromatic rings. The summed E-state index contributed by atoms with van der Waals surface area (Å²) in [6.07, 6.45) is 5.92. The van der Waals surface area contributed by atoms with Crippen LogP contribution in [0.4, 0.5) is 0 Å². The Labute approximate surface area is 57.0 Å². The summed E-state index contributed by atoms with van der Waals surface area (Å²) in [5, 5.41) is 0. The molecule has 1 heterocycles. The maximum atomic E-state index is 2.54. The van der Waals surface area contributed by atoms with Crippen molar-refractivity contribution < 1.29 is 0 Å². The zero-order valence-corrected chi connectivity index (χ0v) is 6.14. The third kappa shape index (κ3) is 0.983. The van der Waals surface area contributed by atoms with Gasteiger partial charge in [0.2, 0.25) is 0 Å². The summed E-state index contributed by atoms with van der Waals surface area (Å²) >= 11 is 0. The van der Waals surface area contributed by atoms with Gasteiger partial charge >= 0.3 is 0 Å². The minimum absolute atomic E-state index is 0.993. The molecule has 0 aromatic carbocycles. The van der Waals surface area contributed by atoms with E-state index in [0.717, 1.165) is 12.0 Å². The predicted octanol–water partition coefficient (Wildman–Crippen LogP) is 1.49. The molecule has 0 spiro atoms. The van der Waals surface area contributed by atoms with Crippen LogP contribution in [0.15, 0.2) is 0 Å². The highest BCUT2D eigenvalue weighted by Crippen LogP contribution is 2.40. The van der Waals surface area contributed by atoms with Gasteiger partial charge in [-0.3, -0.25) is 0 Å². The largest absolute Gasteiger partial charge is 0.303 e. The maximum Gasteiger partial charge on any atom is 0.0124 e. The average molecular weight is 125 g/mol. The van der Waals surface area contributed by atoms with Gasteiger partial charge in [0.1, 0.15) is 0 Å². The lowest BCUT2D eigenvalue weighted by Crippen LogP contribution is -2.21. The van der Waals surface area contributed by atoms with Crippen LogP contribution in [-0.4, -0.2) is 24.5 Å². The Balaban J connectivity index is 1.96. The fourth-order valence-corrected chi connectivity index (χ4v) is 2.02. The third-order valence-corrected chi connectivity index (χ3v) is 2.79. The molecular formula is C8H15N. The fraction of sp³-hybridized carbons (Fsp3) is 1.00. The molecule has 1 aliphatic carbocycles. The van der Waals surface area contributed by atoms with Gasteiger partial charge in [0.15, 0.2) is 0 Å². The quantitative estimate of drug-likeness (QED) is 0.474. The van der Waals surface area contributed by atoms with Crippen LogP contribution in [0.5, 0.6) is 0 Å². The molecule has 52 valence electrons. The van der Waals surface area contributed by atoms with Crippen molar-refractivity contribution in [3.8, 4) is 0 Å². The van der Waals surface area contributed by atoms with E-state index in [0.29, 0.717) is 0 Å². The first-order valence-corrected chi connectivity index (χ1v) is 4.08. The Kier molecular flexibility index (Phi) is 1.26. The summed E-state index contributed by atoms with van der Waals surface area (Å²) in [5.41, 5.74) is 0. The van der Waals surface area contributed by atoms with Gasteiger partial charge in [-0.15, -0.1) is 0 Å². The van der Waals surface area contributed by atoms with Gasteiger partial charge in [-0.2, -0.15) is 0 Å². The van der Waals surface area contributed by atoms with Crippen LogP contribution in [0.2, 0.25) is 0 Å². The van der Waals surface area contributed by atoms with Crippen molar-refractivity contribution in [1.82, 2.24) is 4.90 Å². The Hall–Kier alpha value is -0.0400. The van der Waals surface area contributed by atoms with Crippen molar-refractivity contribution >= 4 is 0 Å². The highest BCUT2D eigenvalue weighted by Gasteiger charge is 2.40. The summed E-state index contributed by atoms with van der Waals surface area (Å²) < 4.78 is 0. The fourth-order valence-electron chi connectivity index (χ4n) is 2.02. The van der Waals surface area contributed by atoms with Crippen LogP contribution in [0.3, 0.4) is 0 Å². The van der Waals surface area contributed by atoms with E-state index in [1.807, 2.05) is 0 Å². The molecule has 1 saturated heterocycles. The lowest BCUT2D eigenvalue weighted by Gasteiger charge is -2.12. The smallest absolute Gasteiger partial charge is 0.0124 e. The molecule has 0 bridgehead atoms. The van der Waals surface area contributed by atoms with E-state index in [-0.39, 0.29) is 0 Å². The van der Waals surface area contributed by atoms with E-state index >= 15 is 0 Å². The molecule has 2 unspecified atom stereocenters. The third-order valence-electron chi connectivity index (χ3n) is 2.79. The second kappa shape index (κ2) is 1.98. The van der Waals surface area contributed by atoms with E-state index in [4.69, 9.17) is 0 Å². The monoisotopic (exact) mass is 125 g/mol. The summed E-state index contributed by atoms with van der Waals surface area (Å²) in [7, 11) is 2.27. The van der Waals surface area contributed by atoms with Gasteiger partial charge in [0, 0.05) is 6.04 Å². The van der Waals surface area contributed by atoms with Crippen LogP contribution in [0.25, 0.3) is 0 Å². The molecule has 0 amide bonds. The number of rotatable bonds is 0. The highest BCUT2D eigenvalue weighted by atomic mass is 15.2. The van der Waals surface area contributed by atoms with Crippen LogP contribution in [-0.2, 0) is 0 Å². The van der Waals surface area contributed by atoms with Gasteiger partial charge in [-0.05, 0) is 38.8 Å². The van der Waals surface area contributed by atoms with Crippen molar-refractivity contribution in [3.05, 3.63) is 0 Å². The summed E-state index contributed by atoms with van der Waals surface area (Å²) in [6.45, 7) is 1.35. The molecule has 1 nitrogen and oxygen atoms in total. The minimum atomic E-state index is 0.993. The summed E-state index contributed by atoms with van der Waals surface area (Å²) in [6, 6.07) is 0.993. The summed E-state index contributed by atoms with van der Waals surface area (Å²) in [4.78, 5) is 2.54. The molecule has 1 aliphatic heterocycles. The van der Waals surface area contributed by atoms with Gasteiger partial charge in [-0.25, -0.2) is 0 Å². The zero-order valence-electron chi connectivity index (χ0n) is 6.14. The van der Waals surface area contributed by atoms with E-state index in [9.17, 15) is 0 Å². The minimum Gasteiger partial charge on any atom is -0.303 e. The van der Waals surface area contributed by atoms with Gasteiger partial charge in [-0.1, -0.05) is 6.42 Å². The van der Waals surface area contributed by atoms with E-state index in [1.165, 1.54) is 32.2 Å². The number of likely N-dealkylation sites (tertiary alicyclic amines) is 1. The molecule has 2 rings (SSSR count). The van der Waals surface area contributed by atoms with E-state index in [2.05, 4.69) is 11.9 Å². The zero-order chi connectivity index (χ0) is 6.27. The molecule has 2 atom stereocenters. The second-order valence-corrected chi connectivity index (χ2v) is 3.54. The molecule has 1 heteroatoms. The predicted molar refractivity (Wildman–Crippen MR) is 38.4 cm³/mol. The van der Waals surface area contributed by atoms with Crippen molar-refractivity contribution in [2.24, 2.45) is 5.92 Å². The number of fused-ring (bicyclic) bond motifs is 1. The molecule has 1 saturated carbocycles. The Morgan fingerprint density at radius 2 is 2.22 bits per heavy atom. The van der Waals surface area contributed by atoms with Gasteiger partial charge < -0.3 is 4.90 Å². The topological polar surface area (TPSA) is 3.24 Å². The summed E-state index contributed by atoms with van der Waals surface area (Å²) in [5.74, 6) is 1.09. The Morgan fingerprint density at radius 1 is 1.33 bits per heavy atom. The van der Waals surface area contributed by atoms with Crippen LogP contribution in [0, 0.1) is 5.92 Å². The first-order valence-electron chi connectivity index (χ1n) is 4.08. The first-order chi connectivity index (χ1) is 4.38. The SMILES string of the molecule is CN1CCCCC2CC21. The number of nitrogens with zero attached hydrogens (tertiary/aromatic N) is 1. The lowest BCUT2D eigenvalue weighted by atomic mass is 10.2. The molecule has 9 heavy (non-hydrogen) atoms. The average Bonchev–Trinajstić information content (AvgIpc) is 2.55. The van der Waals surface area contributed by atoms with Crippen LogP contribution >= 0.6 is 0 Å². The Bertz CT molecular complexity index is 111. The van der Waals surface area contributed by atoms with E-state index in [1.54, 1.807) is 0 Å². The lowest BCUT2D eigenvalue weighted by molar-refractivity contribution is 0.323. The van der Waals surface area contributed by atoms with Gasteiger partial charge in [0.05, 0.1) is 0 Å². The molecule has 2 fully saturated rings. The maximum absolute atomic E-state index is 2.54.